The molecule has 0 spiro atoms. The van der Waals surface area contributed by atoms with Crippen LogP contribution in [0.15, 0.2) is 5.16 Å². The van der Waals surface area contributed by atoms with Gasteiger partial charge >= 0.3 is 0 Å². The van der Waals surface area contributed by atoms with E-state index in [0.29, 0.717) is 18.4 Å². The molecule has 1 unspecified atom stereocenters. The van der Waals surface area contributed by atoms with E-state index in [0.717, 1.165) is 25.8 Å². The number of rotatable bonds is 7. The maximum absolute atomic E-state index is 12.5. The first-order valence-corrected chi connectivity index (χ1v) is 6.95. The summed E-state index contributed by atoms with van der Waals surface area (Å²) in [6, 6.07) is 0.406. The standard InChI is InChI=1S/C13H23N3O2/c1-2-3-11(12(14)15-18)13(17)16(10-6-7-10)8-9-4-5-9/h9-11,18H,2-8H2,1H3,(H2,14,15). The lowest BCUT2D eigenvalue weighted by molar-refractivity contribution is -0.134. The van der Waals surface area contributed by atoms with Gasteiger partial charge in [0.1, 0.15) is 0 Å². The summed E-state index contributed by atoms with van der Waals surface area (Å²) in [4.78, 5) is 14.5. The number of hydrogen-bond donors (Lipinski definition) is 2. The van der Waals surface area contributed by atoms with Crippen molar-refractivity contribution in [2.75, 3.05) is 6.54 Å². The number of nitrogens with two attached hydrogens (primary N) is 1. The zero-order valence-corrected chi connectivity index (χ0v) is 11.0. The van der Waals surface area contributed by atoms with Crippen LogP contribution >= 0.6 is 0 Å². The second-order valence-electron chi connectivity index (χ2n) is 5.53. The van der Waals surface area contributed by atoms with Crippen molar-refractivity contribution < 1.29 is 10.0 Å². The van der Waals surface area contributed by atoms with E-state index in [2.05, 4.69) is 5.16 Å². The molecule has 0 bridgehead atoms. The fraction of sp³-hybridized carbons (Fsp3) is 0.846. The van der Waals surface area contributed by atoms with Gasteiger partial charge in [0.15, 0.2) is 5.84 Å². The molecule has 2 rings (SSSR count). The summed E-state index contributed by atoms with van der Waals surface area (Å²) in [5.74, 6) is 0.355. The lowest BCUT2D eigenvalue weighted by Crippen LogP contribution is -2.44. The van der Waals surface area contributed by atoms with Crippen molar-refractivity contribution in [1.82, 2.24) is 4.90 Å². The van der Waals surface area contributed by atoms with E-state index in [1.165, 1.54) is 12.8 Å². The van der Waals surface area contributed by atoms with Crippen molar-refractivity contribution in [3.8, 4) is 0 Å². The summed E-state index contributed by atoms with van der Waals surface area (Å²) in [5.41, 5.74) is 5.66. The van der Waals surface area contributed by atoms with Crippen molar-refractivity contribution in [3.05, 3.63) is 0 Å². The molecule has 102 valence electrons. The Morgan fingerprint density at radius 2 is 2.11 bits per heavy atom. The zero-order chi connectivity index (χ0) is 13.1. The third kappa shape index (κ3) is 3.15. The Balaban J connectivity index is 2.03. The molecule has 0 aliphatic heterocycles. The van der Waals surface area contributed by atoms with E-state index in [1.54, 1.807) is 0 Å². The molecular weight excluding hydrogens is 230 g/mol. The lowest BCUT2D eigenvalue weighted by atomic mass is 10.0. The molecule has 0 saturated heterocycles. The highest BCUT2D eigenvalue weighted by Gasteiger charge is 2.39. The molecule has 2 saturated carbocycles. The summed E-state index contributed by atoms with van der Waals surface area (Å²) in [7, 11) is 0. The molecule has 18 heavy (non-hydrogen) atoms. The van der Waals surface area contributed by atoms with Crippen molar-refractivity contribution in [1.29, 1.82) is 0 Å². The summed E-state index contributed by atoms with van der Waals surface area (Å²) in [5, 5.41) is 11.8. The Bertz CT molecular complexity index is 335. The van der Waals surface area contributed by atoms with E-state index in [1.807, 2.05) is 11.8 Å². The first-order valence-electron chi connectivity index (χ1n) is 6.95. The number of nitrogens with zero attached hydrogens (tertiary/aromatic N) is 2. The lowest BCUT2D eigenvalue weighted by Gasteiger charge is -2.26. The van der Waals surface area contributed by atoms with E-state index in [9.17, 15) is 4.79 Å². The molecule has 1 atom stereocenters. The summed E-state index contributed by atoms with van der Waals surface area (Å²) >= 11 is 0. The molecule has 1 amide bonds. The van der Waals surface area contributed by atoms with Crippen LogP contribution in [0.1, 0.15) is 45.4 Å². The number of amidine groups is 1. The maximum atomic E-state index is 12.5. The molecule has 3 N–H and O–H groups in total. The minimum atomic E-state index is -0.445. The van der Waals surface area contributed by atoms with E-state index < -0.39 is 5.92 Å². The van der Waals surface area contributed by atoms with Gasteiger partial charge < -0.3 is 15.8 Å². The number of hydrogen-bond acceptors (Lipinski definition) is 3. The average molecular weight is 253 g/mol. The van der Waals surface area contributed by atoms with Gasteiger partial charge in [-0.25, -0.2) is 0 Å². The quantitative estimate of drug-likeness (QED) is 0.313. The summed E-state index contributed by atoms with van der Waals surface area (Å²) < 4.78 is 0. The summed E-state index contributed by atoms with van der Waals surface area (Å²) in [6.45, 7) is 2.87. The average Bonchev–Trinajstić information content (AvgIpc) is 3.24. The Hall–Kier alpha value is -1.26. The molecule has 2 fully saturated rings. The Labute approximate surface area is 108 Å². The predicted molar refractivity (Wildman–Crippen MR) is 69.3 cm³/mol. The first kappa shape index (κ1) is 13.2. The molecule has 2 aliphatic rings. The maximum Gasteiger partial charge on any atom is 0.233 e. The highest BCUT2D eigenvalue weighted by molar-refractivity contribution is 6.02. The predicted octanol–water partition coefficient (Wildman–Crippen LogP) is 1.55. The molecule has 2 aliphatic carbocycles. The molecule has 0 aromatic heterocycles. The van der Waals surface area contributed by atoms with Crippen LogP contribution < -0.4 is 5.73 Å². The normalized spacial score (nSPS) is 21.7. The van der Waals surface area contributed by atoms with Crippen molar-refractivity contribution in [2.45, 2.75) is 51.5 Å². The topological polar surface area (TPSA) is 78.9 Å². The van der Waals surface area contributed by atoms with E-state index in [-0.39, 0.29) is 11.7 Å². The number of carbonyl (C=O) groups is 1. The SMILES string of the molecule is CCCC(C(=O)N(CC1CC1)C1CC1)C(N)=NO. The van der Waals surface area contributed by atoms with Crippen molar-refractivity contribution in [3.63, 3.8) is 0 Å². The van der Waals surface area contributed by atoms with Gasteiger partial charge in [-0.1, -0.05) is 18.5 Å². The Morgan fingerprint density at radius 1 is 1.44 bits per heavy atom. The van der Waals surface area contributed by atoms with Crippen LogP contribution in [0.3, 0.4) is 0 Å². The van der Waals surface area contributed by atoms with Crippen LogP contribution in [0, 0.1) is 11.8 Å². The first-order chi connectivity index (χ1) is 8.67. The smallest absolute Gasteiger partial charge is 0.233 e. The highest BCUT2D eigenvalue weighted by atomic mass is 16.4. The van der Waals surface area contributed by atoms with Crippen LogP contribution in [0.25, 0.3) is 0 Å². The molecule has 5 nitrogen and oxygen atoms in total. The Morgan fingerprint density at radius 3 is 2.56 bits per heavy atom. The van der Waals surface area contributed by atoms with Gasteiger partial charge in [-0.3, -0.25) is 4.79 Å². The van der Waals surface area contributed by atoms with Crippen LogP contribution in [0.4, 0.5) is 0 Å². The molecule has 0 heterocycles. The fourth-order valence-electron chi connectivity index (χ4n) is 2.34. The van der Waals surface area contributed by atoms with Gasteiger partial charge in [0.05, 0.1) is 5.92 Å². The second-order valence-corrected chi connectivity index (χ2v) is 5.53. The number of carbonyl (C=O) groups excluding carboxylic acids is 1. The number of amides is 1. The minimum Gasteiger partial charge on any atom is -0.409 e. The fourth-order valence-corrected chi connectivity index (χ4v) is 2.34. The van der Waals surface area contributed by atoms with Gasteiger partial charge in [0.2, 0.25) is 5.91 Å². The van der Waals surface area contributed by atoms with Gasteiger partial charge in [0.25, 0.3) is 0 Å². The third-order valence-electron chi connectivity index (χ3n) is 3.77. The van der Waals surface area contributed by atoms with Crippen molar-refractivity contribution in [2.24, 2.45) is 22.7 Å². The van der Waals surface area contributed by atoms with E-state index in [4.69, 9.17) is 10.9 Å². The largest absolute Gasteiger partial charge is 0.409 e. The minimum absolute atomic E-state index is 0.0570. The molecule has 0 aromatic rings. The van der Waals surface area contributed by atoms with E-state index >= 15 is 0 Å². The molecule has 0 aromatic carbocycles. The third-order valence-corrected chi connectivity index (χ3v) is 3.77. The molecule has 0 radical (unpaired) electrons. The highest BCUT2D eigenvalue weighted by Crippen LogP contribution is 2.35. The number of oxime groups is 1. The monoisotopic (exact) mass is 253 g/mol. The zero-order valence-electron chi connectivity index (χ0n) is 11.0. The van der Waals surface area contributed by atoms with Crippen LogP contribution in [-0.4, -0.2) is 34.4 Å². The van der Waals surface area contributed by atoms with Crippen molar-refractivity contribution >= 4 is 11.7 Å². The van der Waals surface area contributed by atoms with Crippen LogP contribution in [0.5, 0.6) is 0 Å². The van der Waals surface area contributed by atoms with Gasteiger partial charge in [-0.2, -0.15) is 0 Å². The second kappa shape index (κ2) is 5.59. The van der Waals surface area contributed by atoms with Crippen LogP contribution in [-0.2, 0) is 4.79 Å². The Kier molecular flexibility index (Phi) is 4.09. The van der Waals surface area contributed by atoms with Gasteiger partial charge in [-0.15, -0.1) is 0 Å². The molecule has 5 heteroatoms. The van der Waals surface area contributed by atoms with Gasteiger partial charge in [0, 0.05) is 12.6 Å². The van der Waals surface area contributed by atoms with Crippen LogP contribution in [0.2, 0.25) is 0 Å². The molecular formula is C13H23N3O2. The van der Waals surface area contributed by atoms with Gasteiger partial charge in [-0.05, 0) is 38.0 Å². The summed E-state index contributed by atoms with van der Waals surface area (Å²) in [6.07, 6.45) is 6.19.